The molecule has 1 aliphatic carbocycles. The highest BCUT2D eigenvalue weighted by molar-refractivity contribution is 7.94. The van der Waals surface area contributed by atoms with Crippen LogP contribution in [0.15, 0.2) is 93.0 Å². The summed E-state index contributed by atoms with van der Waals surface area (Å²) < 4.78 is 107. The number of amides is 1. The number of carbonyl (C=O) groups excluding carboxylic acids is 1. The average molecular weight is 1070 g/mol. The van der Waals surface area contributed by atoms with Crippen LogP contribution in [0.5, 0.6) is 0 Å². The van der Waals surface area contributed by atoms with Crippen LogP contribution in [-0.2, 0) is 55.4 Å². The van der Waals surface area contributed by atoms with E-state index in [1.54, 1.807) is 13.1 Å². The first-order valence-electron chi connectivity index (χ1n) is 24.5. The highest BCUT2D eigenvalue weighted by Gasteiger charge is 2.45. The Labute approximate surface area is 425 Å². The Bertz CT molecular complexity index is 2710. The van der Waals surface area contributed by atoms with Gasteiger partial charge in [-0.3, -0.25) is 18.5 Å². The Morgan fingerprint density at radius 3 is 2.08 bits per heavy atom. The molecule has 21 heteroatoms. The molecule has 6 N–H and O–H groups in total. The topological polar surface area (TPSA) is 249 Å². The fourth-order valence-electron chi connectivity index (χ4n) is 9.82. The lowest BCUT2D eigenvalue weighted by atomic mass is 9.81. The SMILES string of the molecule is CNC(=O)CCCCCCCCCCNC1=C(C=CC2=[N+](CCCCS(=O)(=O)O)c3ccc(SOOO)cc3C2(C)C)CCCC1=CC=C1N(CCCCS(=O)(=O)O)c2ccc(S(=O)(=O)O)cc2C1(C)C. The van der Waals surface area contributed by atoms with Gasteiger partial charge in [0.2, 0.25) is 11.6 Å². The molecule has 0 spiro atoms. The Hall–Kier alpha value is -3.90. The van der Waals surface area contributed by atoms with Crippen LogP contribution in [0.4, 0.5) is 11.4 Å². The molecule has 1 amide bonds. The van der Waals surface area contributed by atoms with Crippen LogP contribution >= 0.6 is 12.0 Å². The van der Waals surface area contributed by atoms with Gasteiger partial charge in [0, 0.05) is 78.1 Å². The van der Waals surface area contributed by atoms with E-state index in [0.29, 0.717) is 42.8 Å². The first-order valence-corrected chi connectivity index (χ1v) is 29.9. The number of hydrogen-bond donors (Lipinski definition) is 6. The maximum absolute atomic E-state index is 12.3. The Balaban J connectivity index is 1.51. The molecule has 0 atom stereocenters. The van der Waals surface area contributed by atoms with E-state index < -0.39 is 41.2 Å². The number of rotatable bonds is 29. The second-order valence-corrected chi connectivity index (χ2v) is 24.8. The second-order valence-electron chi connectivity index (χ2n) is 19.5. The van der Waals surface area contributed by atoms with Crippen molar-refractivity contribution >= 4 is 65.4 Å². The highest BCUT2D eigenvalue weighted by Crippen LogP contribution is 2.49. The minimum atomic E-state index is -4.50. The Morgan fingerprint density at radius 1 is 0.775 bits per heavy atom. The summed E-state index contributed by atoms with van der Waals surface area (Å²) in [4.78, 5) is 14.1. The molecule has 71 heavy (non-hydrogen) atoms. The molecule has 0 aromatic heterocycles. The van der Waals surface area contributed by atoms with Crippen molar-refractivity contribution in [2.24, 2.45) is 0 Å². The van der Waals surface area contributed by atoms with Crippen molar-refractivity contribution in [2.45, 2.75) is 151 Å². The summed E-state index contributed by atoms with van der Waals surface area (Å²) >= 11 is 0.867. The van der Waals surface area contributed by atoms with Gasteiger partial charge in [0.15, 0.2) is 5.71 Å². The van der Waals surface area contributed by atoms with Gasteiger partial charge in [-0.1, -0.05) is 69.6 Å². The lowest BCUT2D eigenvalue weighted by Gasteiger charge is -2.28. The summed E-state index contributed by atoms with van der Waals surface area (Å²) in [6.07, 6.45) is 21.2. The maximum atomic E-state index is 12.3. The molecule has 2 heterocycles. The smallest absolute Gasteiger partial charge is 0.294 e. The molecule has 17 nitrogen and oxygen atoms in total. The van der Waals surface area contributed by atoms with Crippen molar-refractivity contribution in [3.8, 4) is 0 Å². The zero-order valence-corrected chi connectivity index (χ0v) is 44.9. The van der Waals surface area contributed by atoms with Gasteiger partial charge in [0.05, 0.1) is 33.9 Å². The number of nitrogens with zero attached hydrogens (tertiary/aromatic N) is 2. The van der Waals surface area contributed by atoms with Gasteiger partial charge in [-0.05, 0) is 118 Å². The number of carbonyl (C=O) groups is 1. The monoisotopic (exact) mass is 1070 g/mol. The van der Waals surface area contributed by atoms with Crippen LogP contribution in [0.1, 0.15) is 142 Å². The van der Waals surface area contributed by atoms with Crippen molar-refractivity contribution in [1.29, 1.82) is 0 Å². The van der Waals surface area contributed by atoms with Gasteiger partial charge in [-0.25, -0.2) is 5.26 Å². The highest BCUT2D eigenvalue weighted by atomic mass is 32.2. The summed E-state index contributed by atoms with van der Waals surface area (Å²) in [5.41, 5.74) is 7.14. The molecule has 3 aliphatic rings. The lowest BCUT2D eigenvalue weighted by molar-refractivity contribution is -0.438. The van der Waals surface area contributed by atoms with Gasteiger partial charge < -0.3 is 15.5 Å². The summed E-state index contributed by atoms with van der Waals surface area (Å²) in [7, 11) is -11.1. The number of fused-ring (bicyclic) bond motifs is 2. The molecule has 2 aromatic carbocycles. The maximum Gasteiger partial charge on any atom is 0.294 e. The first kappa shape index (κ1) is 58.0. The molecular formula is C50H73N4O13S4+. The van der Waals surface area contributed by atoms with Crippen LogP contribution in [0.3, 0.4) is 0 Å². The Morgan fingerprint density at radius 2 is 1.44 bits per heavy atom. The van der Waals surface area contributed by atoms with Gasteiger partial charge >= 0.3 is 0 Å². The van der Waals surface area contributed by atoms with Crippen molar-refractivity contribution < 1.29 is 62.9 Å². The molecule has 0 bridgehead atoms. The predicted octanol–water partition coefficient (Wildman–Crippen LogP) is 9.52. The number of hydrogen-bond acceptors (Lipinski definition) is 13. The molecule has 394 valence electrons. The summed E-state index contributed by atoms with van der Waals surface area (Å²) in [5.74, 6) is -0.653. The Kier molecular flexibility index (Phi) is 21.1. The minimum absolute atomic E-state index is 0.0769. The van der Waals surface area contributed by atoms with E-state index in [0.717, 1.165) is 134 Å². The number of allylic oxidation sites excluding steroid dienone is 7. The zero-order valence-electron chi connectivity index (χ0n) is 41.6. The summed E-state index contributed by atoms with van der Waals surface area (Å²) in [5, 5.41) is 19.2. The van der Waals surface area contributed by atoms with Crippen LogP contribution < -0.4 is 15.5 Å². The quantitative estimate of drug-likeness (QED) is 0.0111. The van der Waals surface area contributed by atoms with Crippen LogP contribution in [-0.4, -0.2) is 98.6 Å². The van der Waals surface area contributed by atoms with Gasteiger partial charge in [0.25, 0.3) is 30.4 Å². The number of nitrogens with one attached hydrogen (secondary N) is 2. The molecule has 2 aromatic rings. The lowest BCUT2D eigenvalue weighted by Crippen LogP contribution is -2.28. The summed E-state index contributed by atoms with van der Waals surface area (Å²) in [6, 6.07) is 10.3. The van der Waals surface area contributed by atoms with Gasteiger partial charge in [0.1, 0.15) is 6.54 Å². The third kappa shape index (κ3) is 16.6. The molecule has 0 fully saturated rings. The van der Waals surface area contributed by atoms with E-state index >= 15 is 0 Å². The van der Waals surface area contributed by atoms with Gasteiger partial charge in [-0.15, -0.1) is 4.33 Å². The third-order valence-corrected chi connectivity index (χ3v) is 16.6. The molecule has 5 rings (SSSR count). The average Bonchev–Trinajstić information content (AvgIpc) is 3.64. The normalized spacial score (nSPS) is 18.0. The standard InChI is InChI=1S/C50H72N4O13S4/c1-49(2)41-35-39(68-67-66-56)24-26-43(41)53(31-14-16-33-69(57,58)59)45(49)28-22-37-19-18-20-38(48(37)52-30-13-11-9-7-6-8-10-12-21-47(55)51-5)23-29-46-50(3,4)42-36-40(71(63,64)65)25-27-44(42)54(46)32-15-17-34-70(60,61)62/h22-29,35-36H,6-21,30-34H2,1-5H3,(H5,51,55,56,57,58,59,60,61,62,63,64,65)/p+1. The van der Waals surface area contributed by atoms with E-state index in [2.05, 4.69) is 63.3 Å². The van der Waals surface area contributed by atoms with Crippen molar-refractivity contribution in [3.63, 3.8) is 0 Å². The van der Waals surface area contributed by atoms with E-state index in [4.69, 9.17) is 9.59 Å². The predicted molar refractivity (Wildman–Crippen MR) is 278 cm³/mol. The fourth-order valence-corrected chi connectivity index (χ4v) is 11.9. The fraction of sp³-hybridized carbons (Fsp3) is 0.560. The van der Waals surface area contributed by atoms with Crippen LogP contribution in [0, 0.1) is 0 Å². The molecule has 0 unspecified atom stereocenters. The van der Waals surface area contributed by atoms with Crippen LogP contribution in [0.25, 0.3) is 0 Å². The van der Waals surface area contributed by atoms with E-state index in [9.17, 15) is 43.7 Å². The van der Waals surface area contributed by atoms with Crippen molar-refractivity contribution in [1.82, 2.24) is 10.6 Å². The van der Waals surface area contributed by atoms with E-state index in [-0.39, 0.29) is 35.2 Å². The molecule has 2 aliphatic heterocycles. The zero-order chi connectivity index (χ0) is 52.0. The molecule has 0 radical (unpaired) electrons. The van der Waals surface area contributed by atoms with Crippen LogP contribution in [0.2, 0.25) is 0 Å². The van der Waals surface area contributed by atoms with Crippen molar-refractivity contribution in [3.05, 3.63) is 94.4 Å². The first-order chi connectivity index (χ1) is 33.5. The van der Waals surface area contributed by atoms with E-state index in [1.807, 2.05) is 32.0 Å². The second kappa shape index (κ2) is 25.9. The summed E-state index contributed by atoms with van der Waals surface area (Å²) in [6.45, 7) is 9.82. The third-order valence-electron chi connectivity index (χ3n) is 13.6. The number of unbranched alkanes of at least 4 members (excludes halogenated alkanes) is 9. The molecule has 0 saturated carbocycles. The largest absolute Gasteiger partial charge is 0.385 e. The number of anilines is 1. The number of benzene rings is 2. The molecule has 0 saturated heterocycles. The van der Waals surface area contributed by atoms with Gasteiger partial charge in [-0.2, -0.15) is 29.8 Å². The van der Waals surface area contributed by atoms with Crippen molar-refractivity contribution in [2.75, 3.05) is 43.1 Å². The molecular weight excluding hydrogens is 993 g/mol. The minimum Gasteiger partial charge on any atom is -0.385 e. The van der Waals surface area contributed by atoms with E-state index in [1.165, 1.54) is 12.1 Å².